The van der Waals surface area contributed by atoms with Crippen molar-refractivity contribution in [3.8, 4) is 5.75 Å². The van der Waals surface area contributed by atoms with Crippen molar-refractivity contribution in [2.24, 2.45) is 4.99 Å². The Morgan fingerprint density at radius 3 is 2.55 bits per heavy atom. The number of carbonyl (C=O) groups is 2. The van der Waals surface area contributed by atoms with E-state index in [2.05, 4.69) is 9.73 Å². The lowest BCUT2D eigenvalue weighted by Crippen LogP contribution is -2.23. The summed E-state index contributed by atoms with van der Waals surface area (Å²) in [6.45, 7) is 0. The minimum atomic E-state index is -0.759. The highest BCUT2D eigenvalue weighted by Gasteiger charge is 2.30. The molecule has 1 aliphatic rings. The van der Waals surface area contributed by atoms with E-state index in [0.717, 1.165) is 23.9 Å². The number of likely N-dealkylation sites (N-methyl/N-ethyl adjacent to an activating group) is 1. The van der Waals surface area contributed by atoms with Gasteiger partial charge in [-0.3, -0.25) is 19.8 Å². The molecule has 0 unspecified atom stereocenters. The van der Waals surface area contributed by atoms with Gasteiger partial charge in [-0.2, -0.15) is 0 Å². The zero-order valence-corrected chi connectivity index (χ0v) is 16.1. The third-order valence-corrected chi connectivity index (χ3v) is 5.05. The highest BCUT2D eigenvalue weighted by atomic mass is 32.2. The Morgan fingerprint density at radius 1 is 1.24 bits per heavy atom. The largest absolute Gasteiger partial charge is 0.868 e. The number of ether oxygens (including phenoxy) is 1. The van der Waals surface area contributed by atoms with E-state index in [4.69, 9.17) is 0 Å². The summed E-state index contributed by atoms with van der Waals surface area (Å²) in [6, 6.07) is 10.0. The molecule has 29 heavy (non-hydrogen) atoms. The van der Waals surface area contributed by atoms with Gasteiger partial charge in [-0.15, -0.1) is 0 Å². The number of nitro benzene ring substituents is 1. The molecule has 0 spiro atoms. The molecule has 9 nitrogen and oxygen atoms in total. The molecule has 0 aliphatic carbocycles. The fourth-order valence-electron chi connectivity index (χ4n) is 2.47. The number of esters is 1. The summed E-state index contributed by atoms with van der Waals surface area (Å²) in [5.41, 5.74) is 0.725. The second kappa shape index (κ2) is 8.15. The summed E-state index contributed by atoms with van der Waals surface area (Å²) in [5, 5.41) is 22.8. The third-order valence-electron chi connectivity index (χ3n) is 3.99. The van der Waals surface area contributed by atoms with Crippen molar-refractivity contribution in [3.63, 3.8) is 0 Å². The van der Waals surface area contributed by atoms with Crippen molar-refractivity contribution in [3.05, 3.63) is 68.6 Å². The van der Waals surface area contributed by atoms with Gasteiger partial charge in [0.2, 0.25) is 0 Å². The van der Waals surface area contributed by atoms with Crippen LogP contribution in [-0.4, -0.2) is 41.0 Å². The smallest absolute Gasteiger partial charge is 0.337 e. The predicted octanol–water partition coefficient (Wildman–Crippen LogP) is 2.69. The Morgan fingerprint density at radius 2 is 1.93 bits per heavy atom. The number of carbonyl (C=O) groups excluding carboxylic acids is 2. The van der Waals surface area contributed by atoms with Crippen LogP contribution in [0.2, 0.25) is 0 Å². The zero-order valence-electron chi connectivity index (χ0n) is 15.3. The van der Waals surface area contributed by atoms with Crippen LogP contribution in [-0.2, 0) is 9.53 Å². The molecule has 0 saturated carbocycles. The van der Waals surface area contributed by atoms with E-state index in [9.17, 15) is 24.8 Å². The highest BCUT2D eigenvalue weighted by molar-refractivity contribution is 8.18. The summed E-state index contributed by atoms with van der Waals surface area (Å²) in [5.74, 6) is -1.48. The highest BCUT2D eigenvalue weighted by Crippen LogP contribution is 2.34. The molecule has 0 radical (unpaired) electrons. The number of rotatable bonds is 4. The minimum absolute atomic E-state index is 0.311. The molecule has 3 rings (SSSR count). The zero-order chi connectivity index (χ0) is 21.1. The van der Waals surface area contributed by atoms with E-state index in [0.29, 0.717) is 26.9 Å². The first-order valence-electron chi connectivity index (χ1n) is 8.20. The van der Waals surface area contributed by atoms with Crippen molar-refractivity contribution in [2.75, 3.05) is 14.2 Å². The number of benzene rings is 2. The number of amides is 1. The number of aliphatic imine (C=N–C) groups is 1. The summed E-state index contributed by atoms with van der Waals surface area (Å²) in [7, 11) is 2.85. The molecular formula is C19H14N3O6S-. The van der Waals surface area contributed by atoms with Crippen LogP contribution in [0.1, 0.15) is 15.9 Å². The molecule has 1 amide bonds. The van der Waals surface area contributed by atoms with Crippen LogP contribution in [0.25, 0.3) is 6.08 Å². The fourth-order valence-corrected chi connectivity index (χ4v) is 3.46. The lowest BCUT2D eigenvalue weighted by atomic mass is 10.1. The molecule has 0 N–H and O–H groups in total. The number of hydrogen-bond acceptors (Lipinski definition) is 8. The summed E-state index contributed by atoms with van der Waals surface area (Å²) in [4.78, 5) is 40.2. The van der Waals surface area contributed by atoms with Gasteiger partial charge in [0.15, 0.2) is 5.17 Å². The lowest BCUT2D eigenvalue weighted by molar-refractivity contribution is -0.398. The van der Waals surface area contributed by atoms with Gasteiger partial charge >= 0.3 is 5.97 Å². The summed E-state index contributed by atoms with van der Waals surface area (Å²) in [6.07, 6.45) is 1.47. The van der Waals surface area contributed by atoms with Crippen molar-refractivity contribution in [1.82, 2.24) is 4.90 Å². The average Bonchev–Trinajstić information content (AvgIpc) is 2.97. The van der Waals surface area contributed by atoms with Crippen LogP contribution in [0.5, 0.6) is 5.75 Å². The number of hydrogen-bond donors (Lipinski definition) is 0. The number of thioether (sulfide) groups is 1. The molecule has 10 heteroatoms. The van der Waals surface area contributed by atoms with Crippen LogP contribution in [0.15, 0.2) is 52.4 Å². The van der Waals surface area contributed by atoms with Gasteiger partial charge in [0.05, 0.1) is 28.2 Å². The monoisotopic (exact) mass is 412 g/mol. The quantitative estimate of drug-likeness (QED) is 0.327. The summed E-state index contributed by atoms with van der Waals surface area (Å²) < 4.78 is 4.64. The molecule has 1 aliphatic heterocycles. The second-order valence-electron chi connectivity index (χ2n) is 5.89. The molecule has 2 aromatic carbocycles. The number of nitro groups is 1. The number of nitrogens with zero attached hydrogens (tertiary/aromatic N) is 3. The second-order valence-corrected chi connectivity index (χ2v) is 6.90. The first-order chi connectivity index (χ1) is 13.8. The molecule has 0 aromatic heterocycles. The maximum absolute atomic E-state index is 12.5. The lowest BCUT2D eigenvalue weighted by Gasteiger charge is -2.07. The Balaban J connectivity index is 1.87. The Kier molecular flexibility index (Phi) is 5.64. The molecule has 2 aromatic rings. The van der Waals surface area contributed by atoms with E-state index in [1.54, 1.807) is 31.3 Å². The van der Waals surface area contributed by atoms with Gasteiger partial charge in [0.25, 0.3) is 11.6 Å². The predicted molar refractivity (Wildman–Crippen MR) is 106 cm³/mol. The maximum Gasteiger partial charge on any atom is 0.337 e. The topological polar surface area (TPSA) is 125 Å². The molecular weight excluding hydrogens is 398 g/mol. The standard InChI is InChI=1S/C19H15N3O6S/c1-21-17(24)16(10-11-3-8-15(23)14(9-11)22(26)27)29-19(21)20-13-6-4-12(5-7-13)18(25)28-2/h3-10,23H,1-2H3/p-1/b16-10-,20-19?. The van der Waals surface area contributed by atoms with Crippen LogP contribution in [0.3, 0.4) is 0 Å². The van der Waals surface area contributed by atoms with Crippen molar-refractivity contribution in [1.29, 1.82) is 0 Å². The van der Waals surface area contributed by atoms with E-state index < -0.39 is 22.3 Å². The van der Waals surface area contributed by atoms with Gasteiger partial charge in [-0.1, -0.05) is 12.1 Å². The van der Waals surface area contributed by atoms with Gasteiger partial charge in [0.1, 0.15) is 0 Å². The first kappa shape index (κ1) is 20.1. The minimum Gasteiger partial charge on any atom is -0.868 e. The number of amidine groups is 1. The van der Waals surface area contributed by atoms with Gasteiger partial charge in [-0.25, -0.2) is 9.79 Å². The van der Waals surface area contributed by atoms with Gasteiger partial charge < -0.3 is 9.84 Å². The Labute approximate surface area is 169 Å². The van der Waals surface area contributed by atoms with E-state index in [1.807, 2.05) is 0 Å². The fraction of sp³-hybridized carbons (Fsp3) is 0.105. The third kappa shape index (κ3) is 4.27. The average molecular weight is 412 g/mol. The van der Waals surface area contributed by atoms with Crippen molar-refractivity contribution in [2.45, 2.75) is 0 Å². The van der Waals surface area contributed by atoms with Crippen molar-refractivity contribution < 1.29 is 24.4 Å². The van der Waals surface area contributed by atoms with E-state index >= 15 is 0 Å². The van der Waals surface area contributed by atoms with E-state index in [1.165, 1.54) is 24.2 Å². The number of methoxy groups -OCH3 is 1. The summed E-state index contributed by atoms with van der Waals surface area (Å²) >= 11 is 1.10. The molecule has 148 valence electrons. The maximum atomic E-state index is 12.5. The van der Waals surface area contributed by atoms with E-state index in [-0.39, 0.29) is 5.91 Å². The van der Waals surface area contributed by atoms with Gasteiger partial charge in [-0.05, 0) is 53.4 Å². The normalized spacial score (nSPS) is 16.5. The van der Waals surface area contributed by atoms with Gasteiger partial charge in [0, 0.05) is 13.1 Å². The Bertz CT molecular complexity index is 1060. The molecule has 1 heterocycles. The Hall–Kier alpha value is -3.66. The molecule has 1 fully saturated rings. The van der Waals surface area contributed by atoms with Crippen LogP contribution < -0.4 is 5.11 Å². The van der Waals surface area contributed by atoms with Crippen LogP contribution in [0.4, 0.5) is 11.4 Å². The van der Waals surface area contributed by atoms with Crippen molar-refractivity contribution >= 4 is 46.3 Å². The van der Waals surface area contributed by atoms with Crippen LogP contribution in [0, 0.1) is 10.1 Å². The molecule has 0 atom stereocenters. The first-order valence-corrected chi connectivity index (χ1v) is 9.02. The van der Waals surface area contributed by atoms with Crippen LogP contribution >= 0.6 is 11.8 Å². The molecule has 0 bridgehead atoms. The SMILES string of the molecule is COC(=O)c1ccc(N=C2S/C(=C\c3ccc([O-])c([N+](=O)[O-])c3)C(=O)N2C)cc1. The molecule has 1 saturated heterocycles.